The summed E-state index contributed by atoms with van der Waals surface area (Å²) in [6.45, 7) is 1.98. The van der Waals surface area contributed by atoms with Crippen molar-refractivity contribution >= 4 is 5.69 Å². The third-order valence-corrected chi connectivity index (χ3v) is 2.59. The van der Waals surface area contributed by atoms with Crippen LogP contribution in [0.3, 0.4) is 0 Å². The molecule has 0 fully saturated rings. The number of hydrogen-bond acceptors (Lipinski definition) is 2. The van der Waals surface area contributed by atoms with Gasteiger partial charge in [0.2, 0.25) is 0 Å². The fourth-order valence-corrected chi connectivity index (χ4v) is 1.62. The smallest absolute Gasteiger partial charge is 0.0991 e. The van der Waals surface area contributed by atoms with Gasteiger partial charge in [0, 0.05) is 5.69 Å². The van der Waals surface area contributed by atoms with Crippen LogP contribution < -0.4 is 5.73 Å². The fraction of sp³-hybridized carbons (Fsp3) is 0.0714. The number of nitriles is 1. The van der Waals surface area contributed by atoms with Crippen molar-refractivity contribution in [1.82, 2.24) is 0 Å². The van der Waals surface area contributed by atoms with Gasteiger partial charge in [-0.2, -0.15) is 5.26 Å². The first-order valence-electron chi connectivity index (χ1n) is 5.07. The average Bonchev–Trinajstić information content (AvgIpc) is 2.33. The van der Waals surface area contributed by atoms with Gasteiger partial charge >= 0.3 is 0 Å². The molecule has 2 aromatic carbocycles. The molecular weight excluding hydrogens is 196 g/mol. The Balaban J connectivity index is 2.51. The van der Waals surface area contributed by atoms with Gasteiger partial charge in [-0.15, -0.1) is 0 Å². The van der Waals surface area contributed by atoms with Gasteiger partial charge in [0.15, 0.2) is 0 Å². The Kier molecular flexibility index (Phi) is 2.61. The number of aryl methyl sites for hydroxylation is 1. The number of nitrogens with zero attached hydrogens (tertiary/aromatic N) is 1. The number of rotatable bonds is 1. The van der Waals surface area contributed by atoms with Crippen LogP contribution >= 0.6 is 0 Å². The highest BCUT2D eigenvalue weighted by molar-refractivity contribution is 5.68. The summed E-state index contributed by atoms with van der Waals surface area (Å²) in [7, 11) is 0. The second-order valence-electron chi connectivity index (χ2n) is 3.76. The molecule has 78 valence electrons. The van der Waals surface area contributed by atoms with E-state index in [-0.39, 0.29) is 0 Å². The summed E-state index contributed by atoms with van der Waals surface area (Å²) in [5.41, 5.74) is 10.4. The first-order valence-corrected chi connectivity index (χ1v) is 5.07. The lowest BCUT2D eigenvalue weighted by atomic mass is 10.0. The quantitative estimate of drug-likeness (QED) is 0.732. The fourth-order valence-electron chi connectivity index (χ4n) is 1.62. The van der Waals surface area contributed by atoms with Gasteiger partial charge in [-0.25, -0.2) is 0 Å². The zero-order valence-electron chi connectivity index (χ0n) is 9.07. The molecule has 0 amide bonds. The van der Waals surface area contributed by atoms with E-state index in [0.717, 1.165) is 22.4 Å². The maximum absolute atomic E-state index is 8.84. The Labute approximate surface area is 95.0 Å². The van der Waals surface area contributed by atoms with E-state index in [0.29, 0.717) is 5.56 Å². The SMILES string of the molecule is Cc1cc(-c2cccc(C#N)c2)ccc1N. The molecule has 2 nitrogen and oxygen atoms in total. The number of anilines is 1. The van der Waals surface area contributed by atoms with Crippen LogP contribution in [0.15, 0.2) is 42.5 Å². The van der Waals surface area contributed by atoms with Crippen molar-refractivity contribution in [2.45, 2.75) is 6.92 Å². The molecule has 2 aromatic rings. The molecule has 0 saturated carbocycles. The Morgan fingerprint density at radius 3 is 2.50 bits per heavy atom. The summed E-state index contributed by atoms with van der Waals surface area (Å²) >= 11 is 0. The summed E-state index contributed by atoms with van der Waals surface area (Å²) < 4.78 is 0. The Morgan fingerprint density at radius 2 is 1.81 bits per heavy atom. The molecule has 2 rings (SSSR count). The second-order valence-corrected chi connectivity index (χ2v) is 3.76. The van der Waals surface area contributed by atoms with Crippen LogP contribution in [0.2, 0.25) is 0 Å². The highest BCUT2D eigenvalue weighted by atomic mass is 14.5. The third-order valence-electron chi connectivity index (χ3n) is 2.59. The molecule has 16 heavy (non-hydrogen) atoms. The Hall–Kier alpha value is -2.27. The molecule has 0 unspecified atom stereocenters. The Morgan fingerprint density at radius 1 is 1.06 bits per heavy atom. The van der Waals surface area contributed by atoms with E-state index in [1.54, 1.807) is 6.07 Å². The van der Waals surface area contributed by atoms with Crippen molar-refractivity contribution in [2.75, 3.05) is 5.73 Å². The van der Waals surface area contributed by atoms with Gasteiger partial charge in [-0.05, 0) is 47.9 Å². The number of nitrogens with two attached hydrogens (primary N) is 1. The molecule has 0 heterocycles. The van der Waals surface area contributed by atoms with Crippen LogP contribution in [0.5, 0.6) is 0 Å². The van der Waals surface area contributed by atoms with E-state index in [1.165, 1.54) is 0 Å². The minimum Gasteiger partial charge on any atom is -0.399 e. The molecule has 0 spiro atoms. The van der Waals surface area contributed by atoms with Crippen molar-refractivity contribution in [3.8, 4) is 17.2 Å². The summed E-state index contributed by atoms with van der Waals surface area (Å²) in [5.74, 6) is 0. The van der Waals surface area contributed by atoms with Gasteiger partial charge in [-0.3, -0.25) is 0 Å². The number of nitrogen functional groups attached to an aromatic ring is 1. The Bertz CT molecular complexity index is 565. The molecule has 0 aliphatic carbocycles. The lowest BCUT2D eigenvalue weighted by Gasteiger charge is -2.05. The summed E-state index contributed by atoms with van der Waals surface area (Å²) in [4.78, 5) is 0. The maximum atomic E-state index is 8.84. The molecule has 0 aliphatic heterocycles. The van der Waals surface area contributed by atoms with Gasteiger partial charge in [-0.1, -0.05) is 18.2 Å². The first-order chi connectivity index (χ1) is 7.70. The highest BCUT2D eigenvalue weighted by Crippen LogP contribution is 2.23. The van der Waals surface area contributed by atoms with Crippen LogP contribution in [-0.2, 0) is 0 Å². The number of hydrogen-bond donors (Lipinski definition) is 1. The van der Waals surface area contributed by atoms with Gasteiger partial charge in [0.25, 0.3) is 0 Å². The predicted octanol–water partition coefficient (Wildman–Crippen LogP) is 3.12. The molecule has 2 N–H and O–H groups in total. The molecule has 0 aliphatic rings. The van der Waals surface area contributed by atoms with Crippen molar-refractivity contribution in [1.29, 1.82) is 5.26 Å². The van der Waals surface area contributed by atoms with Crippen LogP contribution in [0.1, 0.15) is 11.1 Å². The van der Waals surface area contributed by atoms with Gasteiger partial charge in [0.1, 0.15) is 0 Å². The largest absolute Gasteiger partial charge is 0.399 e. The first kappa shape index (κ1) is 10.3. The van der Waals surface area contributed by atoms with E-state index in [2.05, 4.69) is 6.07 Å². The van der Waals surface area contributed by atoms with E-state index in [1.807, 2.05) is 43.3 Å². The van der Waals surface area contributed by atoms with Crippen molar-refractivity contribution in [2.24, 2.45) is 0 Å². The van der Waals surface area contributed by atoms with Gasteiger partial charge < -0.3 is 5.73 Å². The lowest BCUT2D eigenvalue weighted by Crippen LogP contribution is -1.89. The maximum Gasteiger partial charge on any atom is 0.0991 e. The van der Waals surface area contributed by atoms with Gasteiger partial charge in [0.05, 0.1) is 11.6 Å². The standard InChI is InChI=1S/C14H12N2/c1-10-7-13(5-6-14(10)16)12-4-2-3-11(8-12)9-15/h2-8H,16H2,1H3. The third kappa shape index (κ3) is 1.89. The van der Waals surface area contributed by atoms with Crippen LogP contribution in [-0.4, -0.2) is 0 Å². The summed E-state index contributed by atoms with van der Waals surface area (Å²) in [6.07, 6.45) is 0. The second kappa shape index (κ2) is 4.08. The minimum atomic E-state index is 0.673. The van der Waals surface area contributed by atoms with E-state index in [9.17, 15) is 0 Å². The van der Waals surface area contributed by atoms with Crippen molar-refractivity contribution in [3.63, 3.8) is 0 Å². The van der Waals surface area contributed by atoms with E-state index >= 15 is 0 Å². The van der Waals surface area contributed by atoms with E-state index < -0.39 is 0 Å². The zero-order chi connectivity index (χ0) is 11.5. The normalized spacial score (nSPS) is 9.75. The monoisotopic (exact) mass is 208 g/mol. The number of benzene rings is 2. The lowest BCUT2D eigenvalue weighted by molar-refractivity contribution is 1.45. The molecule has 0 atom stereocenters. The zero-order valence-corrected chi connectivity index (χ0v) is 9.07. The highest BCUT2D eigenvalue weighted by Gasteiger charge is 2.01. The molecule has 2 heteroatoms. The predicted molar refractivity (Wildman–Crippen MR) is 65.7 cm³/mol. The average molecular weight is 208 g/mol. The summed E-state index contributed by atoms with van der Waals surface area (Å²) in [5, 5.41) is 8.84. The minimum absolute atomic E-state index is 0.673. The molecular formula is C14H12N2. The molecule has 0 radical (unpaired) electrons. The topological polar surface area (TPSA) is 49.8 Å². The molecule has 0 aromatic heterocycles. The molecule has 0 saturated heterocycles. The van der Waals surface area contributed by atoms with Crippen LogP contribution in [0, 0.1) is 18.3 Å². The van der Waals surface area contributed by atoms with E-state index in [4.69, 9.17) is 11.0 Å². The van der Waals surface area contributed by atoms with Crippen molar-refractivity contribution < 1.29 is 0 Å². The van der Waals surface area contributed by atoms with Crippen LogP contribution in [0.4, 0.5) is 5.69 Å². The summed E-state index contributed by atoms with van der Waals surface area (Å²) in [6, 6.07) is 15.6. The molecule has 0 bridgehead atoms. The van der Waals surface area contributed by atoms with Crippen LogP contribution in [0.25, 0.3) is 11.1 Å². The van der Waals surface area contributed by atoms with Crippen molar-refractivity contribution in [3.05, 3.63) is 53.6 Å².